The second kappa shape index (κ2) is 10.4. The van der Waals surface area contributed by atoms with Gasteiger partial charge in [-0.05, 0) is 47.7 Å². The van der Waals surface area contributed by atoms with Gasteiger partial charge < -0.3 is 20.1 Å². The molecule has 1 aromatic heterocycles. The van der Waals surface area contributed by atoms with E-state index in [9.17, 15) is 4.79 Å². The van der Waals surface area contributed by atoms with E-state index in [0.717, 1.165) is 45.2 Å². The first kappa shape index (κ1) is 23.8. The number of hydrogen-bond donors (Lipinski definition) is 2. The van der Waals surface area contributed by atoms with Gasteiger partial charge in [0.1, 0.15) is 18.2 Å². The Morgan fingerprint density at radius 2 is 1.78 bits per heavy atom. The zero-order chi connectivity index (χ0) is 25.1. The van der Waals surface area contributed by atoms with Crippen molar-refractivity contribution in [2.45, 2.75) is 18.9 Å². The monoisotopic (exact) mass is 500 g/mol. The Balaban J connectivity index is 1.29. The average molecular weight is 501 g/mol. The van der Waals surface area contributed by atoms with Gasteiger partial charge in [0.25, 0.3) is 0 Å². The number of ether oxygens (including phenoxy) is 2. The summed E-state index contributed by atoms with van der Waals surface area (Å²) in [5.74, 6) is 0.863. The smallest absolute Gasteiger partial charge is 0.305 e. The summed E-state index contributed by atoms with van der Waals surface area (Å²) >= 11 is 1.67. The van der Waals surface area contributed by atoms with Gasteiger partial charge in [0.05, 0.1) is 29.8 Å². The number of hydrogen-bond acceptors (Lipinski definition) is 7. The number of methoxy groups -OCH3 is 1. The van der Waals surface area contributed by atoms with Crippen LogP contribution in [-0.4, -0.2) is 43.1 Å². The van der Waals surface area contributed by atoms with Gasteiger partial charge in [-0.15, -0.1) is 0 Å². The molecule has 1 aliphatic rings. The zero-order valence-corrected chi connectivity index (χ0v) is 20.8. The van der Waals surface area contributed by atoms with Crippen LogP contribution in [-0.2, 0) is 9.53 Å². The van der Waals surface area contributed by atoms with E-state index in [2.05, 4.69) is 11.0 Å². The number of amidine groups is 1. The molecule has 8 heteroatoms. The normalized spacial score (nSPS) is 17.3. The molecule has 0 unspecified atom stereocenters. The predicted molar refractivity (Wildman–Crippen MR) is 144 cm³/mol. The molecule has 0 spiro atoms. The number of rotatable bonds is 8. The number of nitrogens with one attached hydrogen (secondary N) is 1. The highest BCUT2D eigenvalue weighted by atomic mass is 32.1. The van der Waals surface area contributed by atoms with Crippen LogP contribution in [0.1, 0.15) is 18.4 Å². The molecule has 184 valence electrons. The molecule has 0 radical (unpaired) electrons. The summed E-state index contributed by atoms with van der Waals surface area (Å²) < 4.78 is 12.3. The molecule has 3 N–H and O–H groups in total. The van der Waals surface area contributed by atoms with Gasteiger partial charge in [-0.1, -0.05) is 59.9 Å². The van der Waals surface area contributed by atoms with Crippen LogP contribution in [0.5, 0.6) is 5.75 Å². The molecule has 2 atom stereocenters. The molecule has 7 nitrogen and oxygen atoms in total. The Labute approximate surface area is 214 Å². The maximum Gasteiger partial charge on any atom is 0.305 e. The van der Waals surface area contributed by atoms with E-state index in [-0.39, 0.29) is 23.8 Å². The molecule has 2 heterocycles. The van der Waals surface area contributed by atoms with Crippen LogP contribution in [0.25, 0.3) is 21.3 Å². The summed E-state index contributed by atoms with van der Waals surface area (Å²) in [7, 11) is 1.44. The van der Waals surface area contributed by atoms with Crippen LogP contribution >= 0.6 is 11.3 Å². The summed E-state index contributed by atoms with van der Waals surface area (Å²) in [5, 5.41) is 8.50. The van der Waals surface area contributed by atoms with Crippen molar-refractivity contribution in [3.63, 3.8) is 0 Å². The molecule has 0 aliphatic carbocycles. The lowest BCUT2D eigenvalue weighted by Crippen LogP contribution is -2.34. The van der Waals surface area contributed by atoms with E-state index in [0.29, 0.717) is 18.6 Å². The van der Waals surface area contributed by atoms with Crippen LogP contribution in [0.15, 0.2) is 72.8 Å². The number of anilines is 1. The average Bonchev–Trinajstić information content (AvgIpc) is 3.51. The Morgan fingerprint density at radius 3 is 2.44 bits per heavy atom. The van der Waals surface area contributed by atoms with E-state index in [1.54, 1.807) is 11.3 Å². The summed E-state index contributed by atoms with van der Waals surface area (Å²) in [6.07, 6.45) is 1.23. The second-order valence-electron chi connectivity index (χ2n) is 8.98. The molecule has 1 aliphatic heterocycles. The number of nitrogens with two attached hydrogens (primary N) is 1. The number of carbonyl (C=O) groups is 1. The number of aromatic nitrogens is 1. The molecule has 5 rings (SSSR count). The molecule has 1 saturated heterocycles. The van der Waals surface area contributed by atoms with Crippen LogP contribution < -0.4 is 15.4 Å². The molecule has 0 bridgehead atoms. The Morgan fingerprint density at radius 1 is 1.08 bits per heavy atom. The number of para-hydroxylation sites is 1. The van der Waals surface area contributed by atoms with Crippen LogP contribution in [0.4, 0.5) is 5.13 Å². The minimum atomic E-state index is -0.183. The third-order valence-electron chi connectivity index (χ3n) is 6.54. The van der Waals surface area contributed by atoms with Gasteiger partial charge in [-0.2, -0.15) is 0 Å². The van der Waals surface area contributed by atoms with Crippen molar-refractivity contribution < 1.29 is 14.3 Å². The van der Waals surface area contributed by atoms with E-state index < -0.39 is 0 Å². The highest BCUT2D eigenvalue weighted by Crippen LogP contribution is 2.36. The van der Waals surface area contributed by atoms with Crippen molar-refractivity contribution in [1.82, 2.24) is 4.98 Å². The molecule has 0 amide bonds. The second-order valence-corrected chi connectivity index (χ2v) is 9.99. The van der Waals surface area contributed by atoms with Gasteiger partial charge in [-0.3, -0.25) is 10.2 Å². The summed E-state index contributed by atoms with van der Waals surface area (Å²) in [6.45, 7) is 1.25. The molecule has 3 aromatic carbocycles. The number of esters is 1. The van der Waals surface area contributed by atoms with E-state index in [1.165, 1.54) is 7.11 Å². The topological polar surface area (TPSA) is 102 Å². The lowest BCUT2D eigenvalue weighted by Gasteiger charge is -2.24. The van der Waals surface area contributed by atoms with Crippen molar-refractivity contribution in [2.75, 3.05) is 25.2 Å². The van der Waals surface area contributed by atoms with Crippen LogP contribution in [0, 0.1) is 11.3 Å². The highest BCUT2D eigenvalue weighted by molar-refractivity contribution is 7.22. The fourth-order valence-electron chi connectivity index (χ4n) is 4.63. The molecule has 0 saturated carbocycles. The third-order valence-corrected chi connectivity index (χ3v) is 7.61. The lowest BCUT2D eigenvalue weighted by atomic mass is 10.0. The Hall–Kier alpha value is -3.91. The number of fused-ring (bicyclic) bond motifs is 1. The Kier molecular flexibility index (Phi) is 6.86. The maximum atomic E-state index is 11.9. The highest BCUT2D eigenvalue weighted by Gasteiger charge is 2.35. The molecule has 4 aromatic rings. The van der Waals surface area contributed by atoms with Crippen LogP contribution in [0.2, 0.25) is 0 Å². The molecule has 1 fully saturated rings. The number of thiazole rings is 1. The summed E-state index contributed by atoms with van der Waals surface area (Å²) in [4.78, 5) is 19.1. The third kappa shape index (κ3) is 5.18. The van der Waals surface area contributed by atoms with Gasteiger partial charge in [0, 0.05) is 12.1 Å². The Bertz CT molecular complexity index is 1330. The first-order chi connectivity index (χ1) is 17.5. The fraction of sp³-hybridized carbons (Fsp3) is 0.250. The van der Waals surface area contributed by atoms with Crippen molar-refractivity contribution in [2.24, 2.45) is 11.7 Å². The summed E-state index contributed by atoms with van der Waals surface area (Å²) in [6, 6.07) is 23.9. The number of carbonyl (C=O) groups excluding carboxylic acids is 1. The van der Waals surface area contributed by atoms with E-state index in [4.69, 9.17) is 25.6 Å². The van der Waals surface area contributed by atoms with Crippen molar-refractivity contribution in [3.8, 4) is 16.9 Å². The van der Waals surface area contributed by atoms with E-state index >= 15 is 0 Å². The number of nitrogen functional groups attached to an aromatic ring is 1. The standard InChI is InChI=1S/C28H28N4O3S/c1-34-26(33)15-18-14-22(32(16-18)28-31-24-4-2-3-5-25(24)36-28)17-35-23-12-10-20(11-13-23)19-6-8-21(9-7-19)27(29)30/h2-13,18,22H,14-17H2,1H3,(H3,29,30)/t18-,22-/m0/s1. The number of nitrogens with zero attached hydrogens (tertiary/aromatic N) is 2. The predicted octanol–water partition coefficient (Wildman–Crippen LogP) is 5.08. The first-order valence-electron chi connectivity index (χ1n) is 11.9. The van der Waals surface area contributed by atoms with Gasteiger partial charge in [0.2, 0.25) is 0 Å². The van der Waals surface area contributed by atoms with Crippen LogP contribution in [0.3, 0.4) is 0 Å². The minimum absolute atomic E-state index is 0.0610. The van der Waals surface area contributed by atoms with Gasteiger partial charge in [-0.25, -0.2) is 4.98 Å². The number of benzene rings is 3. The zero-order valence-electron chi connectivity index (χ0n) is 20.0. The summed E-state index contributed by atoms with van der Waals surface area (Å²) in [5.41, 5.74) is 9.36. The maximum absolute atomic E-state index is 11.9. The van der Waals surface area contributed by atoms with Crippen molar-refractivity contribution in [1.29, 1.82) is 5.41 Å². The van der Waals surface area contributed by atoms with Gasteiger partial charge in [0.15, 0.2) is 5.13 Å². The first-order valence-corrected chi connectivity index (χ1v) is 12.7. The van der Waals surface area contributed by atoms with Crippen molar-refractivity contribution in [3.05, 3.63) is 78.4 Å². The SMILES string of the molecule is COC(=O)C[C@@H]1C[C@@H](COc2ccc(-c3ccc(C(=N)N)cc3)cc2)N(c2nc3ccccc3s2)C1. The molecule has 36 heavy (non-hydrogen) atoms. The lowest BCUT2D eigenvalue weighted by molar-refractivity contribution is -0.141. The van der Waals surface area contributed by atoms with Gasteiger partial charge >= 0.3 is 5.97 Å². The van der Waals surface area contributed by atoms with Crippen molar-refractivity contribution >= 4 is 38.5 Å². The molecular weight excluding hydrogens is 472 g/mol. The molecular formula is C28H28N4O3S. The quantitative estimate of drug-likeness (QED) is 0.199. The largest absolute Gasteiger partial charge is 0.491 e. The minimum Gasteiger partial charge on any atom is -0.491 e. The van der Waals surface area contributed by atoms with E-state index in [1.807, 2.05) is 66.7 Å². The fourth-order valence-corrected chi connectivity index (χ4v) is 5.68.